The predicted octanol–water partition coefficient (Wildman–Crippen LogP) is 1.14. The van der Waals surface area contributed by atoms with Crippen molar-refractivity contribution in [1.29, 1.82) is 0 Å². The lowest BCUT2D eigenvalue weighted by Gasteiger charge is -2.37. The van der Waals surface area contributed by atoms with Crippen LogP contribution in [-0.2, 0) is 9.53 Å². The van der Waals surface area contributed by atoms with Crippen LogP contribution in [-0.4, -0.2) is 60.0 Å². The second kappa shape index (κ2) is 5.00. The third-order valence-corrected chi connectivity index (χ3v) is 4.08. The average molecular weight is 253 g/mol. The number of hydrogen-bond donors (Lipinski definition) is 0. The fraction of sp³-hybridized carbons (Fsp3) is 0.857. The van der Waals surface area contributed by atoms with Gasteiger partial charge >= 0.3 is 0 Å². The molecule has 0 aromatic carbocycles. The first-order valence-corrected chi connectivity index (χ1v) is 6.83. The number of rotatable bonds is 2. The highest BCUT2D eigenvalue weighted by Crippen LogP contribution is 2.31. The monoisotopic (exact) mass is 253 g/mol. The van der Waals surface area contributed by atoms with Gasteiger partial charge in [0.25, 0.3) is 0 Å². The fourth-order valence-electron chi connectivity index (χ4n) is 2.64. The molecule has 1 saturated carbocycles. The summed E-state index contributed by atoms with van der Waals surface area (Å²) in [5.41, 5.74) is 0.159. The van der Waals surface area contributed by atoms with Gasteiger partial charge in [0.2, 0.25) is 5.91 Å². The minimum absolute atomic E-state index is 0.159. The molecule has 18 heavy (non-hydrogen) atoms. The first-order chi connectivity index (χ1) is 8.41. The Hall–Kier alpha value is -0.900. The van der Waals surface area contributed by atoms with E-state index in [0.717, 1.165) is 32.5 Å². The van der Waals surface area contributed by atoms with Gasteiger partial charge in [-0.05, 0) is 33.6 Å². The molecule has 1 amide bonds. The summed E-state index contributed by atoms with van der Waals surface area (Å²) in [6, 6.07) is 0. The molecule has 2 aliphatic rings. The summed E-state index contributed by atoms with van der Waals surface area (Å²) in [6.07, 6.45) is 4.26. The van der Waals surface area contributed by atoms with Crippen molar-refractivity contribution in [3.63, 3.8) is 0 Å². The smallest absolute Gasteiger partial charge is 0.226 e. The van der Waals surface area contributed by atoms with Gasteiger partial charge in [0.05, 0.1) is 19.2 Å². The highest BCUT2D eigenvalue weighted by Gasteiger charge is 2.38. The van der Waals surface area contributed by atoms with Gasteiger partial charge in [-0.1, -0.05) is 0 Å². The third kappa shape index (κ3) is 2.74. The molecule has 1 heterocycles. The van der Waals surface area contributed by atoms with Gasteiger partial charge in [-0.25, -0.2) is 4.58 Å². The van der Waals surface area contributed by atoms with Crippen molar-refractivity contribution in [3.8, 4) is 0 Å². The van der Waals surface area contributed by atoms with Gasteiger partial charge in [-0.15, -0.1) is 0 Å². The normalized spacial score (nSPS) is 28.7. The Balaban J connectivity index is 1.87. The molecular weight excluding hydrogens is 228 g/mol. The molecule has 4 heteroatoms. The number of amides is 1. The van der Waals surface area contributed by atoms with E-state index in [0.29, 0.717) is 12.0 Å². The molecule has 0 spiro atoms. The fourth-order valence-corrected chi connectivity index (χ4v) is 2.64. The zero-order valence-electron chi connectivity index (χ0n) is 12.0. The van der Waals surface area contributed by atoms with E-state index >= 15 is 0 Å². The van der Waals surface area contributed by atoms with E-state index in [-0.39, 0.29) is 11.5 Å². The van der Waals surface area contributed by atoms with Crippen molar-refractivity contribution in [2.45, 2.75) is 45.3 Å². The molecule has 0 saturated heterocycles. The number of hydrogen-bond acceptors (Lipinski definition) is 2. The number of nitrogens with zero attached hydrogens (tertiary/aromatic N) is 2. The molecule has 0 unspecified atom stereocenters. The van der Waals surface area contributed by atoms with Gasteiger partial charge in [0.1, 0.15) is 0 Å². The predicted molar refractivity (Wildman–Crippen MR) is 71.0 cm³/mol. The number of ether oxygens (including phenoxy) is 1. The van der Waals surface area contributed by atoms with Crippen LogP contribution in [0.4, 0.5) is 0 Å². The maximum absolute atomic E-state index is 12.2. The minimum Gasteiger partial charge on any atom is -0.381 e. The van der Waals surface area contributed by atoms with E-state index in [9.17, 15) is 4.79 Å². The van der Waals surface area contributed by atoms with E-state index in [1.54, 1.807) is 7.11 Å². The van der Waals surface area contributed by atoms with Crippen molar-refractivity contribution >= 4 is 12.1 Å². The molecule has 0 bridgehead atoms. The average Bonchev–Trinajstić information content (AvgIpc) is 2.26. The topological polar surface area (TPSA) is 32.5 Å². The summed E-state index contributed by atoms with van der Waals surface area (Å²) < 4.78 is 7.56. The summed E-state index contributed by atoms with van der Waals surface area (Å²) in [7, 11) is 1.72. The highest BCUT2D eigenvalue weighted by molar-refractivity contribution is 5.82. The first kappa shape index (κ1) is 13.5. The summed E-state index contributed by atoms with van der Waals surface area (Å²) >= 11 is 0. The van der Waals surface area contributed by atoms with E-state index in [1.807, 2.05) is 4.90 Å². The van der Waals surface area contributed by atoms with Crippen LogP contribution in [0.5, 0.6) is 0 Å². The number of methoxy groups -OCH3 is 1. The van der Waals surface area contributed by atoms with Crippen molar-refractivity contribution in [3.05, 3.63) is 0 Å². The summed E-state index contributed by atoms with van der Waals surface area (Å²) in [5.74, 6) is 0.512. The second-order valence-corrected chi connectivity index (χ2v) is 6.36. The summed E-state index contributed by atoms with van der Waals surface area (Å²) in [4.78, 5) is 14.2. The molecular formula is C14H25N2O2+. The second-order valence-electron chi connectivity index (χ2n) is 6.36. The summed E-state index contributed by atoms with van der Waals surface area (Å²) in [5, 5.41) is 0. The van der Waals surface area contributed by atoms with E-state index in [4.69, 9.17) is 4.74 Å². The van der Waals surface area contributed by atoms with Crippen LogP contribution in [0, 0.1) is 5.92 Å². The molecule has 4 nitrogen and oxygen atoms in total. The lowest BCUT2D eigenvalue weighted by Crippen LogP contribution is -2.51. The molecule has 1 aliphatic heterocycles. The van der Waals surface area contributed by atoms with Gasteiger partial charge in [-0.2, -0.15) is 0 Å². The van der Waals surface area contributed by atoms with Crippen LogP contribution in [0.2, 0.25) is 0 Å². The van der Waals surface area contributed by atoms with Crippen molar-refractivity contribution in [1.82, 2.24) is 4.90 Å². The Morgan fingerprint density at radius 1 is 1.39 bits per heavy atom. The van der Waals surface area contributed by atoms with Crippen LogP contribution in [0.15, 0.2) is 0 Å². The molecule has 1 aliphatic carbocycles. The largest absolute Gasteiger partial charge is 0.381 e. The Bertz CT molecular complexity index is 351. The Kier molecular flexibility index (Phi) is 3.76. The molecule has 0 atom stereocenters. The maximum Gasteiger partial charge on any atom is 0.226 e. The number of carbonyl (C=O) groups is 1. The molecule has 0 N–H and O–H groups in total. The molecule has 0 aromatic heterocycles. The van der Waals surface area contributed by atoms with Crippen LogP contribution in [0.3, 0.4) is 0 Å². The van der Waals surface area contributed by atoms with E-state index in [2.05, 4.69) is 31.6 Å². The molecule has 2 rings (SSSR count). The van der Waals surface area contributed by atoms with E-state index in [1.165, 1.54) is 0 Å². The Labute approximate surface area is 110 Å². The quantitative estimate of drug-likeness (QED) is 0.691. The molecule has 0 radical (unpaired) electrons. The van der Waals surface area contributed by atoms with Crippen molar-refractivity contribution < 1.29 is 14.1 Å². The van der Waals surface area contributed by atoms with Gasteiger partial charge < -0.3 is 9.64 Å². The Morgan fingerprint density at radius 3 is 2.50 bits per heavy atom. The van der Waals surface area contributed by atoms with Crippen LogP contribution in [0.25, 0.3) is 0 Å². The van der Waals surface area contributed by atoms with Crippen molar-refractivity contribution in [2.24, 2.45) is 5.92 Å². The lowest BCUT2D eigenvalue weighted by atomic mass is 9.81. The van der Waals surface area contributed by atoms with Gasteiger partial charge in [0.15, 0.2) is 18.3 Å². The maximum atomic E-state index is 12.2. The van der Waals surface area contributed by atoms with Crippen LogP contribution >= 0.6 is 0 Å². The standard InChI is InChI=1S/C14H25N2O2/c1-14(2,3)16-7-5-15(6-8-16)13(17)11-9-12(10-11)18-4/h7,11-12H,5-6,8-10H2,1-4H3/q+1. The Morgan fingerprint density at radius 2 is 2.06 bits per heavy atom. The van der Waals surface area contributed by atoms with E-state index < -0.39 is 0 Å². The minimum atomic E-state index is 0.159. The highest BCUT2D eigenvalue weighted by atomic mass is 16.5. The lowest BCUT2D eigenvalue weighted by molar-refractivity contribution is -0.596. The van der Waals surface area contributed by atoms with Crippen LogP contribution in [0.1, 0.15) is 33.6 Å². The zero-order valence-corrected chi connectivity index (χ0v) is 12.0. The third-order valence-electron chi connectivity index (χ3n) is 4.08. The first-order valence-electron chi connectivity index (χ1n) is 6.83. The molecule has 102 valence electrons. The zero-order chi connectivity index (χ0) is 13.3. The van der Waals surface area contributed by atoms with Crippen molar-refractivity contribution in [2.75, 3.05) is 26.7 Å². The summed E-state index contributed by atoms with van der Waals surface area (Å²) in [6.45, 7) is 9.16. The van der Waals surface area contributed by atoms with Gasteiger partial charge in [0, 0.05) is 13.0 Å². The molecule has 0 aromatic rings. The van der Waals surface area contributed by atoms with Gasteiger partial charge in [-0.3, -0.25) is 4.79 Å². The SMILES string of the molecule is COC1CC(C(=O)N2CC=[N+](C(C)(C)C)CC2)C1. The number of carbonyl (C=O) groups excluding carboxylic acids is 1. The van der Waals surface area contributed by atoms with Crippen LogP contribution < -0.4 is 0 Å². The molecule has 1 fully saturated rings.